The molecule has 34 heavy (non-hydrogen) atoms. The van der Waals surface area contributed by atoms with Gasteiger partial charge in [0.15, 0.2) is 11.5 Å². The minimum Gasteiger partial charge on any atom is -0.493 e. The van der Waals surface area contributed by atoms with Crippen molar-refractivity contribution in [2.45, 2.75) is 26.3 Å². The number of methoxy groups -OCH3 is 2. The zero-order chi connectivity index (χ0) is 24.2. The molecule has 178 valence electrons. The van der Waals surface area contributed by atoms with Crippen molar-refractivity contribution in [3.05, 3.63) is 81.9 Å². The van der Waals surface area contributed by atoms with E-state index in [-0.39, 0.29) is 12.1 Å². The van der Waals surface area contributed by atoms with Gasteiger partial charge in [-0.3, -0.25) is 0 Å². The largest absolute Gasteiger partial charge is 0.493 e. The quantitative estimate of drug-likeness (QED) is 0.457. The van der Waals surface area contributed by atoms with E-state index in [1.165, 1.54) is 0 Å². The Morgan fingerprint density at radius 1 is 1.03 bits per heavy atom. The number of amides is 2. The number of nitrogens with zero attached hydrogens (tertiary/aromatic N) is 1. The molecule has 0 spiro atoms. The molecular weight excluding hydrogens is 452 g/mol. The lowest BCUT2D eigenvalue weighted by Crippen LogP contribution is -2.44. The van der Waals surface area contributed by atoms with Crippen molar-refractivity contribution < 1.29 is 19.0 Å². The van der Waals surface area contributed by atoms with Crippen LogP contribution in [0.5, 0.6) is 17.2 Å². The summed E-state index contributed by atoms with van der Waals surface area (Å²) >= 11 is 6.10. The molecule has 1 heterocycles. The van der Waals surface area contributed by atoms with Crippen molar-refractivity contribution in [2.24, 2.45) is 0 Å². The number of benzene rings is 3. The standard InChI is InChI=1S/C27H29ClN2O4/c1-17-10-18(2)12-22(11-17)34-16-24-23-15-26(33-4)25(32-3)13-19(23)8-9-30(24)27(31)29-21-7-5-6-20(28)14-21/h5-7,10-15,24H,8-9,16H2,1-4H3,(H,29,31)/t24-/m1/s1. The summed E-state index contributed by atoms with van der Waals surface area (Å²) in [4.78, 5) is 15.2. The number of hydrogen-bond donors (Lipinski definition) is 1. The van der Waals surface area contributed by atoms with Crippen LogP contribution >= 0.6 is 11.6 Å². The van der Waals surface area contributed by atoms with Crippen LogP contribution in [-0.4, -0.2) is 38.3 Å². The van der Waals surface area contributed by atoms with Gasteiger partial charge in [0.05, 0.1) is 20.3 Å². The summed E-state index contributed by atoms with van der Waals surface area (Å²) in [6.45, 7) is 4.92. The van der Waals surface area contributed by atoms with Gasteiger partial charge in [-0.1, -0.05) is 23.7 Å². The molecule has 0 bridgehead atoms. The molecule has 0 unspecified atom stereocenters. The first-order valence-corrected chi connectivity index (χ1v) is 11.5. The minimum atomic E-state index is -0.316. The average molecular weight is 481 g/mol. The number of carbonyl (C=O) groups excluding carboxylic acids is 1. The van der Waals surface area contributed by atoms with E-state index in [4.69, 9.17) is 25.8 Å². The first-order chi connectivity index (χ1) is 16.4. The van der Waals surface area contributed by atoms with Crippen LogP contribution in [0.1, 0.15) is 28.3 Å². The summed E-state index contributed by atoms with van der Waals surface area (Å²) in [5.41, 5.74) is 4.99. The van der Waals surface area contributed by atoms with Crippen LogP contribution in [0.4, 0.5) is 10.5 Å². The van der Waals surface area contributed by atoms with Crippen molar-refractivity contribution in [2.75, 3.05) is 32.7 Å². The number of ether oxygens (including phenoxy) is 3. The van der Waals surface area contributed by atoms with Gasteiger partial charge in [-0.05, 0) is 85.0 Å². The van der Waals surface area contributed by atoms with Crippen LogP contribution in [-0.2, 0) is 6.42 Å². The van der Waals surface area contributed by atoms with Gasteiger partial charge in [0, 0.05) is 17.3 Å². The second kappa shape index (κ2) is 10.3. The molecule has 0 aromatic heterocycles. The Morgan fingerprint density at radius 3 is 2.41 bits per heavy atom. The number of rotatable bonds is 6. The predicted molar refractivity (Wildman–Crippen MR) is 135 cm³/mol. The summed E-state index contributed by atoms with van der Waals surface area (Å²) < 4.78 is 17.3. The second-order valence-corrected chi connectivity index (χ2v) is 8.88. The SMILES string of the molecule is COc1cc2c(cc1OC)[C@@H](COc1cc(C)cc(C)c1)N(C(=O)Nc1cccc(Cl)c1)CC2. The lowest BCUT2D eigenvalue weighted by molar-refractivity contribution is 0.144. The first kappa shape index (κ1) is 23.8. The number of aryl methyl sites for hydroxylation is 2. The van der Waals surface area contributed by atoms with E-state index in [1.807, 2.05) is 44.2 Å². The van der Waals surface area contributed by atoms with E-state index < -0.39 is 0 Å². The van der Waals surface area contributed by atoms with Crippen molar-refractivity contribution in [1.29, 1.82) is 0 Å². The Labute approximate surface area is 205 Å². The molecule has 2 amide bonds. The molecule has 1 aliphatic heterocycles. The fourth-order valence-corrected chi connectivity index (χ4v) is 4.59. The number of fused-ring (bicyclic) bond motifs is 1. The van der Waals surface area contributed by atoms with Crippen LogP contribution in [0.3, 0.4) is 0 Å². The lowest BCUT2D eigenvalue weighted by Gasteiger charge is -2.37. The normalized spacial score (nSPS) is 14.9. The van der Waals surface area contributed by atoms with Gasteiger partial charge in [0.25, 0.3) is 0 Å². The van der Waals surface area contributed by atoms with E-state index in [0.717, 1.165) is 28.0 Å². The molecule has 0 aliphatic carbocycles. The fraction of sp³-hybridized carbons (Fsp3) is 0.296. The number of urea groups is 1. The molecule has 4 rings (SSSR count). The molecule has 6 nitrogen and oxygen atoms in total. The van der Waals surface area contributed by atoms with Crippen LogP contribution in [0.25, 0.3) is 0 Å². The van der Waals surface area contributed by atoms with E-state index in [0.29, 0.717) is 41.8 Å². The van der Waals surface area contributed by atoms with E-state index in [9.17, 15) is 4.79 Å². The molecule has 7 heteroatoms. The third-order valence-electron chi connectivity index (χ3n) is 5.94. The highest BCUT2D eigenvalue weighted by Crippen LogP contribution is 2.38. The summed E-state index contributed by atoms with van der Waals surface area (Å²) in [7, 11) is 3.23. The van der Waals surface area contributed by atoms with Crippen molar-refractivity contribution in [3.8, 4) is 17.2 Å². The van der Waals surface area contributed by atoms with E-state index in [1.54, 1.807) is 37.3 Å². The van der Waals surface area contributed by atoms with Crippen LogP contribution in [0, 0.1) is 13.8 Å². The van der Waals surface area contributed by atoms with Gasteiger partial charge in [0.2, 0.25) is 0 Å². The van der Waals surface area contributed by atoms with Gasteiger partial charge in [-0.2, -0.15) is 0 Å². The second-order valence-electron chi connectivity index (χ2n) is 8.44. The summed E-state index contributed by atoms with van der Waals surface area (Å²) in [6, 6.07) is 16.6. The molecule has 1 N–H and O–H groups in total. The zero-order valence-electron chi connectivity index (χ0n) is 19.9. The minimum absolute atomic E-state index is 0.211. The van der Waals surface area contributed by atoms with Gasteiger partial charge in [0.1, 0.15) is 12.4 Å². The predicted octanol–water partition coefficient (Wildman–Crippen LogP) is 6.18. The van der Waals surface area contributed by atoms with Gasteiger partial charge >= 0.3 is 6.03 Å². The Hall–Kier alpha value is -3.38. The number of anilines is 1. The maximum absolute atomic E-state index is 13.4. The Bertz CT molecular complexity index is 1180. The molecule has 1 atom stereocenters. The van der Waals surface area contributed by atoms with Gasteiger partial charge < -0.3 is 24.4 Å². The number of carbonyl (C=O) groups is 1. The maximum Gasteiger partial charge on any atom is 0.322 e. The third-order valence-corrected chi connectivity index (χ3v) is 6.18. The smallest absolute Gasteiger partial charge is 0.322 e. The molecule has 3 aromatic carbocycles. The van der Waals surface area contributed by atoms with E-state index in [2.05, 4.69) is 11.4 Å². The maximum atomic E-state index is 13.4. The third kappa shape index (κ3) is 5.23. The van der Waals surface area contributed by atoms with Crippen molar-refractivity contribution in [3.63, 3.8) is 0 Å². The van der Waals surface area contributed by atoms with Crippen LogP contribution < -0.4 is 19.5 Å². The van der Waals surface area contributed by atoms with Crippen molar-refractivity contribution >= 4 is 23.3 Å². The average Bonchev–Trinajstić information content (AvgIpc) is 2.80. The topological polar surface area (TPSA) is 60.0 Å². The number of halogens is 1. The molecule has 3 aromatic rings. The van der Waals surface area contributed by atoms with Gasteiger partial charge in [-0.25, -0.2) is 4.79 Å². The molecule has 0 radical (unpaired) electrons. The van der Waals surface area contributed by atoms with E-state index >= 15 is 0 Å². The molecule has 0 fully saturated rings. The lowest BCUT2D eigenvalue weighted by atomic mass is 9.92. The van der Waals surface area contributed by atoms with Crippen molar-refractivity contribution in [1.82, 2.24) is 4.90 Å². The first-order valence-electron chi connectivity index (χ1n) is 11.2. The van der Waals surface area contributed by atoms with Crippen LogP contribution in [0.2, 0.25) is 5.02 Å². The Kier molecular flexibility index (Phi) is 7.17. The molecule has 1 aliphatic rings. The molecule has 0 saturated heterocycles. The molecular formula is C27H29ClN2O4. The number of nitrogens with one attached hydrogen (secondary N) is 1. The molecule has 0 saturated carbocycles. The monoisotopic (exact) mass is 480 g/mol. The Morgan fingerprint density at radius 2 is 1.74 bits per heavy atom. The van der Waals surface area contributed by atoms with Crippen LogP contribution in [0.15, 0.2) is 54.6 Å². The number of hydrogen-bond acceptors (Lipinski definition) is 4. The fourth-order valence-electron chi connectivity index (χ4n) is 4.40. The summed E-state index contributed by atoms with van der Waals surface area (Å²) in [6.07, 6.45) is 0.693. The highest BCUT2D eigenvalue weighted by atomic mass is 35.5. The summed E-state index contributed by atoms with van der Waals surface area (Å²) in [5, 5.41) is 3.54. The highest BCUT2D eigenvalue weighted by molar-refractivity contribution is 6.30. The highest BCUT2D eigenvalue weighted by Gasteiger charge is 2.33. The van der Waals surface area contributed by atoms with Gasteiger partial charge in [-0.15, -0.1) is 0 Å². The zero-order valence-corrected chi connectivity index (χ0v) is 20.6. The Balaban J connectivity index is 1.66. The summed E-state index contributed by atoms with van der Waals surface area (Å²) in [5.74, 6) is 2.07.